The Morgan fingerprint density at radius 2 is 2.10 bits per heavy atom. The fourth-order valence-corrected chi connectivity index (χ4v) is 2.18. The van der Waals surface area contributed by atoms with Crippen LogP contribution in [0.4, 0.5) is 13.2 Å². The van der Waals surface area contributed by atoms with Gasteiger partial charge in [0.1, 0.15) is 0 Å². The summed E-state index contributed by atoms with van der Waals surface area (Å²) in [5.41, 5.74) is -4.10. The third-order valence-electron chi connectivity index (χ3n) is 3.01. The van der Waals surface area contributed by atoms with Gasteiger partial charge in [-0.25, -0.2) is 4.79 Å². The Bertz CT molecular complexity index is 683. The average molecular weight is 322 g/mol. The normalized spacial score (nSPS) is 15.0. The summed E-state index contributed by atoms with van der Waals surface area (Å²) in [6.45, 7) is 1.06. The van der Waals surface area contributed by atoms with Crippen LogP contribution in [0.3, 0.4) is 0 Å². The van der Waals surface area contributed by atoms with E-state index in [-0.39, 0.29) is 17.5 Å². The number of rotatable bonds is 3. The van der Waals surface area contributed by atoms with Crippen LogP contribution in [0.15, 0.2) is 24.4 Å². The Labute approximate surface area is 122 Å². The number of carbonyl (C=O) groups is 1. The van der Waals surface area contributed by atoms with Crippen molar-refractivity contribution < 1.29 is 27.8 Å². The van der Waals surface area contributed by atoms with E-state index in [1.54, 1.807) is 0 Å². The maximum Gasteiger partial charge on any atom is 0.432 e. The van der Waals surface area contributed by atoms with Gasteiger partial charge in [-0.05, 0) is 19.1 Å². The van der Waals surface area contributed by atoms with E-state index in [4.69, 9.17) is 11.6 Å². The second-order valence-electron chi connectivity index (χ2n) is 4.32. The van der Waals surface area contributed by atoms with Crippen LogP contribution in [0.25, 0.3) is 10.9 Å². The third kappa shape index (κ3) is 2.47. The number of hydrogen-bond donors (Lipinski definition) is 2. The number of carbonyl (C=O) groups excluding carboxylic acids is 1. The van der Waals surface area contributed by atoms with Crippen LogP contribution in [0.5, 0.6) is 0 Å². The molecular weight excluding hydrogens is 311 g/mol. The first kappa shape index (κ1) is 15.7. The number of aliphatic hydroxyl groups is 1. The van der Waals surface area contributed by atoms with Crippen molar-refractivity contribution in [2.45, 2.75) is 18.7 Å². The Morgan fingerprint density at radius 3 is 2.67 bits per heavy atom. The molecule has 1 aromatic carbocycles. The molecule has 0 unspecified atom stereocenters. The number of fused-ring (bicyclic) bond motifs is 1. The molecule has 0 aliphatic carbocycles. The zero-order valence-electron chi connectivity index (χ0n) is 10.8. The Kier molecular flexibility index (Phi) is 3.90. The smallest absolute Gasteiger partial charge is 0.432 e. The number of hydrogen-bond acceptors (Lipinski definition) is 3. The largest absolute Gasteiger partial charge is 0.463 e. The number of halogens is 4. The van der Waals surface area contributed by atoms with E-state index in [1.165, 1.54) is 25.1 Å². The zero-order chi connectivity index (χ0) is 15.8. The van der Waals surface area contributed by atoms with Gasteiger partial charge >= 0.3 is 12.1 Å². The van der Waals surface area contributed by atoms with E-state index in [9.17, 15) is 23.1 Å². The fourth-order valence-electron chi connectivity index (χ4n) is 2.01. The highest BCUT2D eigenvalue weighted by molar-refractivity contribution is 6.31. The molecule has 0 radical (unpaired) electrons. The quantitative estimate of drug-likeness (QED) is 0.854. The Balaban J connectivity index is 2.68. The van der Waals surface area contributed by atoms with Gasteiger partial charge in [0.15, 0.2) is 0 Å². The molecule has 1 aromatic heterocycles. The number of alkyl halides is 3. The number of nitrogens with one attached hydrogen (secondary N) is 1. The molecule has 0 spiro atoms. The summed E-state index contributed by atoms with van der Waals surface area (Å²) in [7, 11) is 0. The molecule has 0 fully saturated rings. The molecule has 2 N–H and O–H groups in total. The van der Waals surface area contributed by atoms with E-state index >= 15 is 0 Å². The van der Waals surface area contributed by atoms with Crippen molar-refractivity contribution in [3.63, 3.8) is 0 Å². The van der Waals surface area contributed by atoms with Gasteiger partial charge in [-0.15, -0.1) is 0 Å². The lowest BCUT2D eigenvalue weighted by Crippen LogP contribution is -2.50. The first-order valence-electron chi connectivity index (χ1n) is 5.95. The van der Waals surface area contributed by atoms with Gasteiger partial charge in [-0.1, -0.05) is 17.7 Å². The van der Waals surface area contributed by atoms with Crippen molar-refractivity contribution in [3.05, 3.63) is 35.0 Å². The summed E-state index contributed by atoms with van der Waals surface area (Å²) >= 11 is 5.75. The van der Waals surface area contributed by atoms with Gasteiger partial charge in [0.05, 0.1) is 6.61 Å². The number of aromatic nitrogens is 1. The molecule has 8 heteroatoms. The number of benzene rings is 1. The van der Waals surface area contributed by atoms with Gasteiger partial charge in [-0.2, -0.15) is 13.2 Å². The van der Waals surface area contributed by atoms with Crippen LogP contribution >= 0.6 is 11.6 Å². The lowest BCUT2D eigenvalue weighted by atomic mass is 9.92. The van der Waals surface area contributed by atoms with Gasteiger partial charge < -0.3 is 14.8 Å². The summed E-state index contributed by atoms with van der Waals surface area (Å²) in [5, 5.41) is 10.4. The topological polar surface area (TPSA) is 62.3 Å². The second-order valence-corrected chi connectivity index (χ2v) is 4.76. The SMILES string of the molecule is CCOC(=O)[C@](O)(c1c[nH]c2cc(Cl)ccc12)C(F)(F)F. The molecule has 0 aliphatic heterocycles. The first-order valence-corrected chi connectivity index (χ1v) is 6.33. The van der Waals surface area contributed by atoms with Crippen LogP contribution in [0, 0.1) is 0 Å². The lowest BCUT2D eigenvalue weighted by molar-refractivity contribution is -0.267. The molecular formula is C13H11ClF3NO3. The highest BCUT2D eigenvalue weighted by Crippen LogP contribution is 2.43. The molecule has 21 heavy (non-hydrogen) atoms. The van der Waals surface area contributed by atoms with E-state index < -0.39 is 23.3 Å². The van der Waals surface area contributed by atoms with E-state index in [0.717, 1.165) is 6.20 Å². The highest BCUT2D eigenvalue weighted by Gasteiger charge is 2.63. The average Bonchev–Trinajstić information content (AvgIpc) is 2.79. The standard InChI is InChI=1S/C13H11ClF3NO3/c1-2-21-11(19)12(20,13(15,16)17)9-6-18-10-5-7(14)3-4-8(9)10/h3-6,18,20H,2H2,1H3/t12-/m1/s1. The van der Waals surface area contributed by atoms with Crippen molar-refractivity contribution in [1.29, 1.82) is 0 Å². The van der Waals surface area contributed by atoms with Crippen LogP contribution in [-0.2, 0) is 15.1 Å². The maximum atomic E-state index is 13.3. The van der Waals surface area contributed by atoms with Crippen molar-refractivity contribution >= 4 is 28.5 Å². The van der Waals surface area contributed by atoms with Gasteiger partial charge in [0.25, 0.3) is 5.60 Å². The van der Waals surface area contributed by atoms with Crippen LogP contribution in [-0.4, -0.2) is 28.8 Å². The zero-order valence-corrected chi connectivity index (χ0v) is 11.5. The van der Waals surface area contributed by atoms with Crippen LogP contribution in [0.2, 0.25) is 5.02 Å². The number of ether oxygens (including phenoxy) is 1. The van der Waals surface area contributed by atoms with Crippen molar-refractivity contribution in [2.75, 3.05) is 6.61 Å². The van der Waals surface area contributed by atoms with Gasteiger partial charge in [0.2, 0.25) is 0 Å². The van der Waals surface area contributed by atoms with Crippen molar-refractivity contribution in [1.82, 2.24) is 4.98 Å². The number of aromatic amines is 1. The fraction of sp³-hybridized carbons (Fsp3) is 0.308. The van der Waals surface area contributed by atoms with E-state index in [0.29, 0.717) is 5.02 Å². The van der Waals surface area contributed by atoms with Gasteiger partial charge in [0, 0.05) is 27.7 Å². The minimum Gasteiger partial charge on any atom is -0.463 e. The summed E-state index contributed by atoms with van der Waals surface area (Å²) in [4.78, 5) is 14.2. The van der Waals surface area contributed by atoms with Crippen LogP contribution < -0.4 is 0 Å². The molecule has 0 amide bonds. The molecule has 114 valence electrons. The number of esters is 1. The summed E-state index contributed by atoms with van der Waals surface area (Å²) in [6.07, 6.45) is -4.31. The molecule has 0 aliphatic rings. The summed E-state index contributed by atoms with van der Waals surface area (Å²) in [5.74, 6) is -1.77. The molecule has 2 aromatic rings. The van der Waals surface area contributed by atoms with Crippen molar-refractivity contribution in [2.24, 2.45) is 0 Å². The second kappa shape index (κ2) is 5.23. The number of H-pyrrole nitrogens is 1. The molecule has 0 saturated carbocycles. The monoisotopic (exact) mass is 321 g/mol. The van der Waals surface area contributed by atoms with Gasteiger partial charge in [-0.3, -0.25) is 0 Å². The summed E-state index contributed by atoms with van der Waals surface area (Å²) < 4.78 is 44.2. The minimum absolute atomic E-state index is 0.0345. The Morgan fingerprint density at radius 1 is 1.43 bits per heavy atom. The maximum absolute atomic E-state index is 13.3. The predicted octanol–water partition coefficient (Wildman–Crippen LogP) is 3.13. The molecule has 2 rings (SSSR count). The predicted molar refractivity (Wildman–Crippen MR) is 69.9 cm³/mol. The molecule has 0 saturated heterocycles. The lowest BCUT2D eigenvalue weighted by Gasteiger charge is -2.27. The third-order valence-corrected chi connectivity index (χ3v) is 3.25. The molecule has 1 heterocycles. The molecule has 1 atom stereocenters. The van der Waals surface area contributed by atoms with Crippen molar-refractivity contribution in [3.8, 4) is 0 Å². The first-order chi connectivity index (χ1) is 9.71. The Hall–Kier alpha value is -1.73. The molecule has 4 nitrogen and oxygen atoms in total. The van der Waals surface area contributed by atoms with E-state index in [1.807, 2.05) is 0 Å². The minimum atomic E-state index is -5.23. The highest BCUT2D eigenvalue weighted by atomic mass is 35.5. The summed E-state index contributed by atoms with van der Waals surface area (Å²) in [6, 6.07) is 4.05. The molecule has 0 bridgehead atoms. The van der Waals surface area contributed by atoms with E-state index in [2.05, 4.69) is 9.72 Å². The van der Waals surface area contributed by atoms with Crippen LogP contribution in [0.1, 0.15) is 12.5 Å².